The van der Waals surface area contributed by atoms with E-state index in [9.17, 15) is 14.0 Å². The summed E-state index contributed by atoms with van der Waals surface area (Å²) in [6, 6.07) is 2.77. The largest absolute Gasteiger partial charge is 0.453 e. The molecular formula is C14H12ClFN2O3. The average molecular weight is 311 g/mol. The van der Waals surface area contributed by atoms with Gasteiger partial charge >= 0.3 is 6.09 Å². The van der Waals surface area contributed by atoms with Crippen LogP contribution in [0.25, 0.3) is 10.9 Å². The van der Waals surface area contributed by atoms with Crippen molar-refractivity contribution in [2.75, 3.05) is 12.4 Å². The van der Waals surface area contributed by atoms with Gasteiger partial charge in [-0.25, -0.2) is 9.18 Å². The first-order chi connectivity index (χ1) is 10.0. The second-order valence-corrected chi connectivity index (χ2v) is 5.32. The topological polar surface area (TPSA) is 60.3 Å². The van der Waals surface area contributed by atoms with Crippen molar-refractivity contribution in [3.05, 3.63) is 39.4 Å². The van der Waals surface area contributed by atoms with Crippen LogP contribution >= 0.6 is 11.6 Å². The van der Waals surface area contributed by atoms with Crippen molar-refractivity contribution < 1.29 is 13.9 Å². The summed E-state index contributed by atoms with van der Waals surface area (Å²) in [5.74, 6) is -0.668. The zero-order valence-corrected chi connectivity index (χ0v) is 11.9. The highest BCUT2D eigenvalue weighted by Gasteiger charge is 2.26. The van der Waals surface area contributed by atoms with E-state index in [2.05, 4.69) is 10.1 Å². The first-order valence-electron chi connectivity index (χ1n) is 6.40. The van der Waals surface area contributed by atoms with Gasteiger partial charge in [-0.1, -0.05) is 11.6 Å². The molecule has 0 spiro atoms. The lowest BCUT2D eigenvalue weighted by Gasteiger charge is -2.13. The minimum absolute atomic E-state index is 0.0371. The van der Waals surface area contributed by atoms with Crippen LogP contribution in [0.2, 0.25) is 5.02 Å². The number of pyridine rings is 1. The van der Waals surface area contributed by atoms with Crippen molar-refractivity contribution in [1.82, 2.24) is 4.57 Å². The summed E-state index contributed by atoms with van der Waals surface area (Å²) in [6.07, 6.45) is 2.73. The van der Waals surface area contributed by atoms with E-state index in [1.807, 2.05) is 4.57 Å². The van der Waals surface area contributed by atoms with Crippen molar-refractivity contribution >= 4 is 34.3 Å². The summed E-state index contributed by atoms with van der Waals surface area (Å²) in [7, 11) is 1.20. The van der Waals surface area contributed by atoms with Crippen molar-refractivity contribution in [1.29, 1.82) is 0 Å². The lowest BCUT2D eigenvalue weighted by Crippen LogP contribution is -2.20. The molecule has 1 aromatic carbocycles. The standard InChI is InChI=1S/C14H12ClFN2O3/c1-21-14(20)17-11-6-18(7-2-3-7)12-5-9(15)10(16)4-8(12)13(11)19/h4-7H,2-3H2,1H3,(H,17,20). The second-order valence-electron chi connectivity index (χ2n) is 4.91. The molecule has 0 saturated heterocycles. The molecule has 1 heterocycles. The van der Waals surface area contributed by atoms with E-state index in [0.29, 0.717) is 5.52 Å². The molecule has 0 aliphatic heterocycles. The molecule has 2 aromatic rings. The molecule has 1 fully saturated rings. The van der Waals surface area contributed by atoms with E-state index in [0.717, 1.165) is 18.9 Å². The summed E-state index contributed by atoms with van der Waals surface area (Å²) in [6.45, 7) is 0. The van der Waals surface area contributed by atoms with Gasteiger partial charge in [-0.15, -0.1) is 0 Å². The van der Waals surface area contributed by atoms with Crippen LogP contribution in [0.3, 0.4) is 0 Å². The van der Waals surface area contributed by atoms with E-state index >= 15 is 0 Å². The van der Waals surface area contributed by atoms with Gasteiger partial charge in [0.05, 0.1) is 23.0 Å². The van der Waals surface area contributed by atoms with Gasteiger partial charge in [0.25, 0.3) is 0 Å². The van der Waals surface area contributed by atoms with Gasteiger partial charge in [-0.05, 0) is 25.0 Å². The molecule has 0 atom stereocenters. The summed E-state index contributed by atoms with van der Waals surface area (Å²) >= 11 is 5.80. The van der Waals surface area contributed by atoms with Crippen LogP contribution < -0.4 is 10.7 Å². The number of nitrogens with zero attached hydrogens (tertiary/aromatic N) is 1. The molecule has 5 nitrogen and oxygen atoms in total. The normalized spacial score (nSPS) is 14.2. The highest BCUT2D eigenvalue weighted by Crippen LogP contribution is 2.38. The average Bonchev–Trinajstić information content (AvgIpc) is 3.28. The number of rotatable bonds is 2. The molecule has 1 aliphatic rings. The number of carbonyl (C=O) groups excluding carboxylic acids is 1. The van der Waals surface area contributed by atoms with E-state index < -0.39 is 17.3 Å². The smallest absolute Gasteiger partial charge is 0.411 e. The summed E-state index contributed by atoms with van der Waals surface area (Å²) in [5, 5.41) is 2.50. The Morgan fingerprint density at radius 3 is 2.81 bits per heavy atom. The number of hydrogen-bond acceptors (Lipinski definition) is 3. The number of amides is 1. The first kappa shape index (κ1) is 13.9. The highest BCUT2D eigenvalue weighted by molar-refractivity contribution is 6.31. The van der Waals surface area contributed by atoms with Crippen molar-refractivity contribution in [2.24, 2.45) is 0 Å². The maximum absolute atomic E-state index is 13.6. The number of anilines is 1. The fraction of sp³-hybridized carbons (Fsp3) is 0.286. The molecule has 0 radical (unpaired) electrons. The number of methoxy groups -OCH3 is 1. The Labute approximate surface area is 124 Å². The molecule has 1 aromatic heterocycles. The lowest BCUT2D eigenvalue weighted by molar-refractivity contribution is 0.187. The van der Waals surface area contributed by atoms with Gasteiger partial charge in [0.15, 0.2) is 0 Å². The van der Waals surface area contributed by atoms with E-state index in [1.54, 1.807) is 6.20 Å². The Morgan fingerprint density at radius 1 is 1.48 bits per heavy atom. The monoisotopic (exact) mass is 310 g/mol. The zero-order chi connectivity index (χ0) is 15.1. The zero-order valence-electron chi connectivity index (χ0n) is 11.2. The predicted molar refractivity (Wildman–Crippen MR) is 77.5 cm³/mol. The van der Waals surface area contributed by atoms with E-state index in [-0.39, 0.29) is 22.1 Å². The third-order valence-corrected chi connectivity index (χ3v) is 3.73. The number of nitrogens with one attached hydrogen (secondary N) is 1. The SMILES string of the molecule is COC(=O)Nc1cn(C2CC2)c2cc(Cl)c(F)cc2c1=O. The lowest BCUT2D eigenvalue weighted by atomic mass is 10.1. The molecule has 110 valence electrons. The van der Waals surface area contributed by atoms with Gasteiger partial charge in [0, 0.05) is 12.2 Å². The van der Waals surface area contributed by atoms with Crippen LogP contribution in [0.5, 0.6) is 0 Å². The maximum Gasteiger partial charge on any atom is 0.411 e. The maximum atomic E-state index is 13.6. The molecule has 21 heavy (non-hydrogen) atoms. The highest BCUT2D eigenvalue weighted by atomic mass is 35.5. The summed E-state index contributed by atoms with van der Waals surface area (Å²) in [4.78, 5) is 23.7. The van der Waals surface area contributed by atoms with Crippen LogP contribution in [-0.4, -0.2) is 17.8 Å². The minimum Gasteiger partial charge on any atom is -0.453 e. The van der Waals surface area contributed by atoms with Crippen LogP contribution in [0.1, 0.15) is 18.9 Å². The van der Waals surface area contributed by atoms with Crippen LogP contribution in [-0.2, 0) is 4.74 Å². The minimum atomic E-state index is -0.747. The van der Waals surface area contributed by atoms with Crippen LogP contribution in [0.15, 0.2) is 23.1 Å². The molecule has 1 saturated carbocycles. The van der Waals surface area contributed by atoms with Gasteiger partial charge in [0.2, 0.25) is 5.43 Å². The number of fused-ring (bicyclic) bond motifs is 1. The number of ether oxygens (including phenoxy) is 1. The fourth-order valence-electron chi connectivity index (χ4n) is 2.25. The molecule has 1 N–H and O–H groups in total. The van der Waals surface area contributed by atoms with Crippen molar-refractivity contribution in [3.63, 3.8) is 0 Å². The molecule has 1 aliphatic carbocycles. The molecule has 7 heteroatoms. The number of carbonyl (C=O) groups is 1. The summed E-state index contributed by atoms with van der Waals surface area (Å²) in [5.41, 5.74) is 0.148. The third kappa shape index (κ3) is 2.47. The Hall–Kier alpha value is -2.08. The van der Waals surface area contributed by atoms with Crippen LogP contribution in [0, 0.1) is 5.82 Å². The van der Waals surface area contributed by atoms with Crippen LogP contribution in [0.4, 0.5) is 14.9 Å². The Bertz CT molecular complexity index is 799. The Kier molecular flexibility index (Phi) is 3.33. The summed E-state index contributed by atoms with van der Waals surface area (Å²) < 4.78 is 20.0. The predicted octanol–water partition coefficient (Wildman–Crippen LogP) is 3.31. The molecular weight excluding hydrogens is 299 g/mol. The van der Waals surface area contributed by atoms with Crippen molar-refractivity contribution in [2.45, 2.75) is 18.9 Å². The fourth-order valence-corrected chi connectivity index (χ4v) is 2.41. The molecule has 0 bridgehead atoms. The van der Waals surface area contributed by atoms with E-state index in [1.165, 1.54) is 13.2 Å². The van der Waals surface area contributed by atoms with Gasteiger partial charge < -0.3 is 9.30 Å². The molecule has 1 amide bonds. The molecule has 0 unspecified atom stereocenters. The quantitative estimate of drug-likeness (QED) is 0.925. The Balaban J connectivity index is 2.26. The third-order valence-electron chi connectivity index (χ3n) is 3.44. The second kappa shape index (κ2) is 5.04. The van der Waals surface area contributed by atoms with E-state index in [4.69, 9.17) is 11.6 Å². The van der Waals surface area contributed by atoms with Gasteiger partial charge in [-0.2, -0.15) is 0 Å². The number of halogens is 2. The molecule has 3 rings (SSSR count). The van der Waals surface area contributed by atoms with Gasteiger partial charge in [0.1, 0.15) is 11.5 Å². The first-order valence-corrected chi connectivity index (χ1v) is 6.78. The number of benzene rings is 1. The number of hydrogen-bond donors (Lipinski definition) is 1. The van der Waals surface area contributed by atoms with Gasteiger partial charge in [-0.3, -0.25) is 10.1 Å². The Morgan fingerprint density at radius 2 is 2.19 bits per heavy atom. The number of aromatic nitrogens is 1. The van der Waals surface area contributed by atoms with Crippen molar-refractivity contribution in [3.8, 4) is 0 Å².